The highest BCUT2D eigenvalue weighted by Gasteiger charge is 2.25. The zero-order chi connectivity index (χ0) is 24.8. The van der Waals surface area contributed by atoms with E-state index >= 15 is 0 Å². The highest BCUT2D eigenvalue weighted by atomic mass is 19.2. The van der Waals surface area contributed by atoms with E-state index < -0.39 is 11.6 Å². The van der Waals surface area contributed by atoms with Gasteiger partial charge in [-0.2, -0.15) is 0 Å². The first-order chi connectivity index (χ1) is 17.0. The van der Waals surface area contributed by atoms with Gasteiger partial charge in [-0.25, -0.2) is 13.2 Å². The number of hydrogen-bond donors (Lipinski definition) is 0. The Bertz CT molecular complexity index is 1120. The molecular formula is C29H31F3O3. The Morgan fingerprint density at radius 3 is 2.06 bits per heavy atom. The fraction of sp³-hybridized carbons (Fsp3) is 0.379. The van der Waals surface area contributed by atoms with Crippen molar-refractivity contribution < 1.29 is 27.4 Å². The second kappa shape index (κ2) is 11.6. The monoisotopic (exact) mass is 484 g/mol. The lowest BCUT2D eigenvalue weighted by atomic mass is 9.82. The maximum atomic E-state index is 14.8. The zero-order valence-corrected chi connectivity index (χ0v) is 20.2. The molecule has 1 fully saturated rings. The van der Waals surface area contributed by atoms with Crippen molar-refractivity contribution >= 4 is 0 Å². The van der Waals surface area contributed by atoms with Crippen LogP contribution < -0.4 is 9.47 Å². The summed E-state index contributed by atoms with van der Waals surface area (Å²) in [6.45, 7) is 4.78. The van der Waals surface area contributed by atoms with Gasteiger partial charge in [0.1, 0.15) is 17.3 Å². The molecule has 3 aromatic rings. The van der Waals surface area contributed by atoms with Crippen molar-refractivity contribution in [2.75, 3.05) is 13.2 Å². The average Bonchev–Trinajstić information content (AvgIpc) is 2.87. The van der Waals surface area contributed by atoms with E-state index in [0.717, 1.165) is 25.7 Å². The summed E-state index contributed by atoms with van der Waals surface area (Å²) in [5.74, 6) is -0.680. The summed E-state index contributed by atoms with van der Waals surface area (Å²) in [5.41, 5.74) is 1.67. The first-order valence-corrected chi connectivity index (χ1v) is 12.2. The maximum absolute atomic E-state index is 14.8. The molecule has 0 spiro atoms. The fourth-order valence-corrected chi connectivity index (χ4v) is 4.66. The molecule has 186 valence electrons. The van der Waals surface area contributed by atoms with Gasteiger partial charge in [0.05, 0.1) is 25.9 Å². The molecule has 0 saturated heterocycles. The molecule has 0 aliphatic heterocycles. The topological polar surface area (TPSA) is 27.7 Å². The summed E-state index contributed by atoms with van der Waals surface area (Å²) in [5, 5.41) is 0. The van der Waals surface area contributed by atoms with E-state index in [9.17, 15) is 13.2 Å². The van der Waals surface area contributed by atoms with Crippen LogP contribution in [0.15, 0.2) is 54.6 Å². The Morgan fingerprint density at radius 2 is 1.40 bits per heavy atom. The minimum atomic E-state index is -0.887. The summed E-state index contributed by atoms with van der Waals surface area (Å²) in [7, 11) is 0. The standard InChI is InChI=1S/C29H31F3O3/c1-3-33-22-10-7-20(8-11-22)26-15-9-21(28(31)29(26)32)18-35-23-12-5-19(6-13-23)25-16-14-24(34-4-2)17-27(25)30/h7-11,14-17,19,23H,3-6,12-13,18H2,1-2H3. The number of benzene rings is 3. The van der Waals surface area contributed by atoms with Crippen LogP contribution in [0, 0.1) is 17.5 Å². The number of halogens is 3. The molecule has 0 amide bonds. The highest BCUT2D eigenvalue weighted by Crippen LogP contribution is 2.37. The largest absolute Gasteiger partial charge is 0.494 e. The Hall–Kier alpha value is -2.99. The molecule has 4 rings (SSSR count). The molecule has 0 atom stereocenters. The predicted octanol–water partition coefficient (Wildman–Crippen LogP) is 7.81. The summed E-state index contributed by atoms with van der Waals surface area (Å²) in [6.07, 6.45) is 2.98. The molecule has 1 aliphatic rings. The molecular weight excluding hydrogens is 453 g/mol. The van der Waals surface area contributed by atoms with Crippen LogP contribution >= 0.6 is 0 Å². The Labute approximate surface area is 204 Å². The van der Waals surface area contributed by atoms with Crippen LogP contribution in [0.1, 0.15) is 56.6 Å². The minimum absolute atomic E-state index is 0.000933. The quantitative estimate of drug-likeness (QED) is 0.310. The first-order valence-electron chi connectivity index (χ1n) is 12.2. The summed E-state index contributed by atoms with van der Waals surface area (Å²) in [4.78, 5) is 0. The van der Waals surface area contributed by atoms with Crippen LogP contribution in [-0.4, -0.2) is 19.3 Å². The zero-order valence-electron chi connectivity index (χ0n) is 20.2. The molecule has 0 heterocycles. The summed E-state index contributed by atoms with van der Waals surface area (Å²) in [6, 6.07) is 15.1. The van der Waals surface area contributed by atoms with Crippen LogP contribution in [0.5, 0.6) is 11.5 Å². The van der Waals surface area contributed by atoms with Crippen molar-refractivity contribution in [3.63, 3.8) is 0 Å². The predicted molar refractivity (Wildman–Crippen MR) is 130 cm³/mol. The van der Waals surface area contributed by atoms with E-state index in [-0.39, 0.29) is 35.6 Å². The van der Waals surface area contributed by atoms with Crippen LogP contribution in [-0.2, 0) is 11.3 Å². The van der Waals surface area contributed by atoms with Gasteiger partial charge in [0, 0.05) is 17.2 Å². The molecule has 35 heavy (non-hydrogen) atoms. The van der Waals surface area contributed by atoms with E-state index in [4.69, 9.17) is 14.2 Å². The van der Waals surface area contributed by atoms with Gasteiger partial charge in [0.15, 0.2) is 11.6 Å². The molecule has 0 aromatic heterocycles. The maximum Gasteiger partial charge on any atom is 0.167 e. The molecule has 0 radical (unpaired) electrons. The van der Waals surface area contributed by atoms with Crippen LogP contribution in [0.2, 0.25) is 0 Å². The third-order valence-corrected chi connectivity index (χ3v) is 6.51. The van der Waals surface area contributed by atoms with Gasteiger partial charge in [0.25, 0.3) is 0 Å². The van der Waals surface area contributed by atoms with Crippen molar-refractivity contribution in [1.82, 2.24) is 0 Å². The molecule has 0 N–H and O–H groups in total. The lowest BCUT2D eigenvalue weighted by Crippen LogP contribution is -2.21. The van der Waals surface area contributed by atoms with Gasteiger partial charge in [-0.05, 0) is 74.8 Å². The van der Waals surface area contributed by atoms with Crippen molar-refractivity contribution in [2.45, 2.75) is 58.2 Å². The molecule has 0 unspecified atom stereocenters. The molecule has 3 nitrogen and oxygen atoms in total. The van der Waals surface area contributed by atoms with Crippen LogP contribution in [0.3, 0.4) is 0 Å². The molecule has 6 heteroatoms. The van der Waals surface area contributed by atoms with Crippen LogP contribution in [0.4, 0.5) is 13.2 Å². The summed E-state index contributed by atoms with van der Waals surface area (Å²) >= 11 is 0. The van der Waals surface area contributed by atoms with Crippen molar-refractivity contribution in [3.05, 3.63) is 83.2 Å². The van der Waals surface area contributed by atoms with Gasteiger partial charge in [0.2, 0.25) is 0 Å². The first kappa shape index (κ1) is 25.1. The lowest BCUT2D eigenvalue weighted by Gasteiger charge is -2.29. The van der Waals surface area contributed by atoms with E-state index in [2.05, 4.69) is 0 Å². The van der Waals surface area contributed by atoms with E-state index in [0.29, 0.717) is 35.8 Å². The molecule has 1 saturated carbocycles. The Morgan fingerprint density at radius 1 is 0.743 bits per heavy atom. The van der Waals surface area contributed by atoms with E-state index in [1.165, 1.54) is 6.07 Å². The SMILES string of the molecule is CCOc1ccc(-c2ccc(COC3CCC(c4ccc(OCC)cc4F)CC3)c(F)c2F)cc1. The van der Waals surface area contributed by atoms with Gasteiger partial charge < -0.3 is 14.2 Å². The molecule has 3 aromatic carbocycles. The van der Waals surface area contributed by atoms with Crippen molar-refractivity contribution in [3.8, 4) is 22.6 Å². The Kier molecular flexibility index (Phi) is 8.34. The van der Waals surface area contributed by atoms with Gasteiger partial charge in [-0.3, -0.25) is 0 Å². The smallest absolute Gasteiger partial charge is 0.167 e. The van der Waals surface area contributed by atoms with Gasteiger partial charge >= 0.3 is 0 Å². The fourth-order valence-electron chi connectivity index (χ4n) is 4.66. The molecule has 0 bridgehead atoms. The summed E-state index contributed by atoms with van der Waals surface area (Å²) < 4.78 is 60.8. The third-order valence-electron chi connectivity index (χ3n) is 6.51. The number of hydrogen-bond acceptors (Lipinski definition) is 3. The number of ether oxygens (including phenoxy) is 3. The second-order valence-electron chi connectivity index (χ2n) is 8.76. The van der Waals surface area contributed by atoms with Crippen molar-refractivity contribution in [2.24, 2.45) is 0 Å². The normalized spacial score (nSPS) is 17.9. The van der Waals surface area contributed by atoms with Crippen LogP contribution in [0.25, 0.3) is 11.1 Å². The second-order valence-corrected chi connectivity index (χ2v) is 8.76. The van der Waals surface area contributed by atoms with E-state index in [1.807, 2.05) is 13.8 Å². The third kappa shape index (κ3) is 5.99. The highest BCUT2D eigenvalue weighted by molar-refractivity contribution is 5.65. The average molecular weight is 485 g/mol. The van der Waals surface area contributed by atoms with Crippen molar-refractivity contribution in [1.29, 1.82) is 0 Å². The number of rotatable bonds is 9. The van der Waals surface area contributed by atoms with E-state index in [1.54, 1.807) is 48.5 Å². The molecule has 1 aliphatic carbocycles. The minimum Gasteiger partial charge on any atom is -0.494 e. The lowest BCUT2D eigenvalue weighted by molar-refractivity contribution is 0.0117. The Balaban J connectivity index is 1.34. The van der Waals surface area contributed by atoms with Gasteiger partial charge in [-0.1, -0.05) is 30.3 Å². The van der Waals surface area contributed by atoms with Gasteiger partial charge in [-0.15, -0.1) is 0 Å².